The van der Waals surface area contributed by atoms with E-state index < -0.39 is 11.6 Å². The van der Waals surface area contributed by atoms with Gasteiger partial charge < -0.3 is 5.32 Å². The molecule has 3 nitrogen and oxygen atoms in total. The minimum Gasteiger partial charge on any atom is -0.373 e. The summed E-state index contributed by atoms with van der Waals surface area (Å²) in [7, 11) is 1.70. The minimum atomic E-state index is -0.634. The van der Waals surface area contributed by atoms with E-state index >= 15 is 0 Å². The van der Waals surface area contributed by atoms with Crippen LogP contribution in [0.2, 0.25) is 0 Å². The maximum absolute atomic E-state index is 13.9. The molecule has 106 valence electrons. The lowest BCUT2D eigenvalue weighted by atomic mass is 9.95. The van der Waals surface area contributed by atoms with E-state index in [9.17, 15) is 8.78 Å². The highest BCUT2D eigenvalue weighted by molar-refractivity contribution is 5.64. The van der Waals surface area contributed by atoms with Crippen LogP contribution in [0, 0.1) is 11.6 Å². The first kappa shape index (κ1) is 14.4. The van der Waals surface area contributed by atoms with Gasteiger partial charge in [-0.05, 0) is 12.1 Å². The van der Waals surface area contributed by atoms with Gasteiger partial charge in [-0.15, -0.1) is 0 Å². The van der Waals surface area contributed by atoms with Gasteiger partial charge in [0.25, 0.3) is 0 Å². The molecule has 0 saturated carbocycles. The van der Waals surface area contributed by atoms with Gasteiger partial charge >= 0.3 is 0 Å². The first-order chi connectivity index (χ1) is 9.32. The lowest BCUT2D eigenvalue weighted by Crippen LogP contribution is -2.17. The highest BCUT2D eigenvalue weighted by Crippen LogP contribution is 2.28. The van der Waals surface area contributed by atoms with Crippen molar-refractivity contribution in [1.82, 2.24) is 9.97 Å². The van der Waals surface area contributed by atoms with Crippen LogP contribution in [0.3, 0.4) is 0 Å². The topological polar surface area (TPSA) is 37.8 Å². The van der Waals surface area contributed by atoms with Gasteiger partial charge in [0.05, 0.1) is 11.3 Å². The number of halogens is 2. The fraction of sp³-hybridized carbons (Fsp3) is 0.333. The SMILES string of the molecule is CNc1cc(-c2c(F)cccc2F)nc(C(C)(C)C)n1. The van der Waals surface area contributed by atoms with E-state index in [1.165, 1.54) is 24.3 Å². The summed E-state index contributed by atoms with van der Waals surface area (Å²) in [5.41, 5.74) is -0.203. The van der Waals surface area contributed by atoms with Crippen molar-refractivity contribution >= 4 is 5.82 Å². The number of nitrogens with one attached hydrogen (secondary N) is 1. The standard InChI is InChI=1S/C15H17F2N3/c1-15(2,3)14-19-11(8-12(18-4)20-14)13-9(16)6-5-7-10(13)17/h5-8H,1-4H3,(H,18,19,20). The summed E-state index contributed by atoms with van der Waals surface area (Å²) < 4.78 is 27.8. The lowest BCUT2D eigenvalue weighted by molar-refractivity contribution is 0.545. The van der Waals surface area contributed by atoms with Crippen molar-refractivity contribution in [2.75, 3.05) is 12.4 Å². The Morgan fingerprint density at radius 3 is 2.15 bits per heavy atom. The number of benzene rings is 1. The number of hydrogen-bond donors (Lipinski definition) is 1. The van der Waals surface area contributed by atoms with E-state index in [4.69, 9.17) is 0 Å². The summed E-state index contributed by atoms with van der Waals surface area (Å²) in [6.07, 6.45) is 0. The van der Waals surface area contributed by atoms with E-state index in [1.54, 1.807) is 7.05 Å². The summed E-state index contributed by atoms with van der Waals surface area (Å²) in [5.74, 6) is -0.208. The number of nitrogens with zero attached hydrogens (tertiary/aromatic N) is 2. The Morgan fingerprint density at radius 1 is 1.05 bits per heavy atom. The van der Waals surface area contributed by atoms with Crippen molar-refractivity contribution in [3.8, 4) is 11.3 Å². The third-order valence-electron chi connectivity index (χ3n) is 2.87. The molecule has 0 bridgehead atoms. The van der Waals surface area contributed by atoms with E-state index in [-0.39, 0.29) is 16.7 Å². The van der Waals surface area contributed by atoms with Gasteiger partial charge in [0.1, 0.15) is 23.3 Å². The van der Waals surface area contributed by atoms with Crippen molar-refractivity contribution in [1.29, 1.82) is 0 Å². The normalized spacial score (nSPS) is 11.5. The average Bonchev–Trinajstić information content (AvgIpc) is 2.37. The summed E-state index contributed by atoms with van der Waals surface area (Å²) in [4.78, 5) is 8.65. The van der Waals surface area contributed by atoms with E-state index in [0.29, 0.717) is 11.6 Å². The van der Waals surface area contributed by atoms with Crippen molar-refractivity contribution in [3.63, 3.8) is 0 Å². The molecule has 1 heterocycles. The van der Waals surface area contributed by atoms with Gasteiger partial charge in [-0.25, -0.2) is 18.7 Å². The Balaban J connectivity index is 2.68. The molecule has 0 radical (unpaired) electrons. The predicted molar refractivity (Wildman–Crippen MR) is 75.6 cm³/mol. The van der Waals surface area contributed by atoms with Gasteiger partial charge in [0.15, 0.2) is 0 Å². The first-order valence-electron chi connectivity index (χ1n) is 6.34. The molecular formula is C15H17F2N3. The molecule has 0 saturated heterocycles. The van der Waals surface area contributed by atoms with Gasteiger partial charge in [0.2, 0.25) is 0 Å². The van der Waals surface area contributed by atoms with Gasteiger partial charge in [-0.2, -0.15) is 0 Å². The summed E-state index contributed by atoms with van der Waals surface area (Å²) >= 11 is 0. The molecule has 0 aliphatic carbocycles. The smallest absolute Gasteiger partial charge is 0.136 e. The molecule has 20 heavy (non-hydrogen) atoms. The molecule has 0 aliphatic rings. The Kier molecular flexibility index (Phi) is 3.70. The van der Waals surface area contributed by atoms with Crippen molar-refractivity contribution in [3.05, 3.63) is 41.7 Å². The molecule has 2 aromatic rings. The van der Waals surface area contributed by atoms with Crippen LogP contribution in [0.25, 0.3) is 11.3 Å². The summed E-state index contributed by atoms with van der Waals surface area (Å²) in [5, 5.41) is 2.89. The minimum absolute atomic E-state index is 0.128. The average molecular weight is 277 g/mol. The van der Waals surface area contributed by atoms with Crippen LogP contribution in [0.5, 0.6) is 0 Å². The van der Waals surface area contributed by atoms with Crippen LogP contribution in [-0.2, 0) is 5.41 Å². The largest absolute Gasteiger partial charge is 0.373 e. The maximum Gasteiger partial charge on any atom is 0.136 e. The molecule has 1 N–H and O–H groups in total. The van der Waals surface area contributed by atoms with Crippen molar-refractivity contribution in [2.45, 2.75) is 26.2 Å². The highest BCUT2D eigenvalue weighted by Gasteiger charge is 2.21. The van der Waals surface area contributed by atoms with Gasteiger partial charge in [-0.3, -0.25) is 0 Å². The lowest BCUT2D eigenvalue weighted by Gasteiger charge is -2.18. The van der Waals surface area contributed by atoms with Gasteiger partial charge in [0, 0.05) is 18.5 Å². The number of aromatic nitrogens is 2. The van der Waals surface area contributed by atoms with Crippen LogP contribution in [0.4, 0.5) is 14.6 Å². The molecule has 0 aliphatic heterocycles. The molecule has 0 unspecified atom stereocenters. The third kappa shape index (κ3) is 2.76. The molecule has 5 heteroatoms. The van der Waals surface area contributed by atoms with E-state index in [2.05, 4.69) is 15.3 Å². The molecule has 1 aromatic heterocycles. The van der Waals surface area contributed by atoms with E-state index in [1.807, 2.05) is 20.8 Å². The van der Waals surface area contributed by atoms with E-state index in [0.717, 1.165) is 0 Å². The van der Waals surface area contributed by atoms with Gasteiger partial charge in [-0.1, -0.05) is 26.8 Å². The molecule has 0 spiro atoms. The van der Waals surface area contributed by atoms with Crippen LogP contribution < -0.4 is 5.32 Å². The molecule has 2 rings (SSSR count). The second-order valence-electron chi connectivity index (χ2n) is 5.56. The van der Waals surface area contributed by atoms with Crippen molar-refractivity contribution < 1.29 is 8.78 Å². The quantitative estimate of drug-likeness (QED) is 0.908. The zero-order valence-corrected chi connectivity index (χ0v) is 12.0. The summed E-state index contributed by atoms with van der Waals surface area (Å²) in [6.45, 7) is 5.84. The molecule has 1 aromatic carbocycles. The zero-order valence-electron chi connectivity index (χ0n) is 12.0. The third-order valence-corrected chi connectivity index (χ3v) is 2.87. The molecule has 0 atom stereocenters. The Labute approximate surface area is 117 Å². The highest BCUT2D eigenvalue weighted by atomic mass is 19.1. The van der Waals surface area contributed by atoms with Crippen LogP contribution >= 0.6 is 0 Å². The fourth-order valence-corrected chi connectivity index (χ4v) is 1.78. The van der Waals surface area contributed by atoms with Crippen molar-refractivity contribution in [2.24, 2.45) is 0 Å². The maximum atomic E-state index is 13.9. The number of anilines is 1. The first-order valence-corrected chi connectivity index (χ1v) is 6.34. The predicted octanol–water partition coefficient (Wildman–Crippen LogP) is 3.76. The Bertz CT molecular complexity index is 613. The zero-order chi connectivity index (χ0) is 14.9. The Hall–Kier alpha value is -2.04. The van der Waals surface area contributed by atoms with Crippen LogP contribution in [0.1, 0.15) is 26.6 Å². The second kappa shape index (κ2) is 5.15. The molecule has 0 fully saturated rings. The summed E-state index contributed by atoms with van der Waals surface area (Å²) in [6, 6.07) is 5.31. The Morgan fingerprint density at radius 2 is 1.65 bits per heavy atom. The molecule has 0 amide bonds. The molecular weight excluding hydrogens is 260 g/mol. The van der Waals surface area contributed by atoms with Crippen LogP contribution in [0.15, 0.2) is 24.3 Å². The number of hydrogen-bond acceptors (Lipinski definition) is 3. The monoisotopic (exact) mass is 277 g/mol. The second-order valence-corrected chi connectivity index (χ2v) is 5.56. The number of rotatable bonds is 2. The van der Waals surface area contributed by atoms with Crippen LogP contribution in [-0.4, -0.2) is 17.0 Å². The fourth-order valence-electron chi connectivity index (χ4n) is 1.78.